The summed E-state index contributed by atoms with van der Waals surface area (Å²) in [6.07, 6.45) is -2.19. The van der Waals surface area contributed by atoms with Crippen molar-refractivity contribution in [3.8, 4) is 0 Å². The molecule has 9 heavy (non-hydrogen) atoms. The molecule has 1 radical (unpaired) electrons. The molecule has 1 aliphatic heterocycles. The van der Waals surface area contributed by atoms with Crippen molar-refractivity contribution in [2.45, 2.75) is 18.6 Å². The standard InChI is InChI=1S/C4H4F3N2/c5-4(6,7)3-1-2-8-9-3/h3,9H,1H2. The van der Waals surface area contributed by atoms with Gasteiger partial charge in [0, 0.05) is 6.42 Å². The van der Waals surface area contributed by atoms with Crippen LogP contribution in [0.3, 0.4) is 0 Å². The van der Waals surface area contributed by atoms with Gasteiger partial charge < -0.3 is 0 Å². The second-order valence-corrected chi connectivity index (χ2v) is 1.70. The second kappa shape index (κ2) is 1.89. The monoisotopic (exact) mass is 137 g/mol. The molecule has 0 aromatic carbocycles. The van der Waals surface area contributed by atoms with Crippen LogP contribution in [0.2, 0.25) is 0 Å². The molecule has 0 aromatic heterocycles. The molecular formula is C4H4F3N2. The average Bonchev–Trinajstić information content (AvgIpc) is 2.08. The summed E-state index contributed by atoms with van der Waals surface area (Å²) >= 11 is 0. The van der Waals surface area contributed by atoms with Gasteiger partial charge in [0.25, 0.3) is 0 Å². The summed E-state index contributed by atoms with van der Waals surface area (Å²) in [6, 6.07) is -1.52. The number of nitrogens with zero attached hydrogens (tertiary/aromatic N) is 1. The molecule has 1 aliphatic rings. The van der Waals surface area contributed by atoms with Gasteiger partial charge in [0.15, 0.2) is 0 Å². The average molecular weight is 137 g/mol. The molecule has 1 atom stereocenters. The highest BCUT2D eigenvalue weighted by Crippen LogP contribution is 2.23. The van der Waals surface area contributed by atoms with E-state index in [1.165, 1.54) is 0 Å². The Labute approximate surface area is 49.7 Å². The summed E-state index contributed by atoms with van der Waals surface area (Å²) in [4.78, 5) is 0. The number of hydrogen-bond donors (Lipinski definition) is 1. The first-order chi connectivity index (χ1) is 4.11. The van der Waals surface area contributed by atoms with Crippen LogP contribution in [0.4, 0.5) is 13.2 Å². The summed E-state index contributed by atoms with van der Waals surface area (Å²) < 4.78 is 34.8. The summed E-state index contributed by atoms with van der Waals surface area (Å²) in [5.74, 6) is 0. The molecular weight excluding hydrogens is 133 g/mol. The maximum absolute atomic E-state index is 11.6. The van der Waals surface area contributed by atoms with Crippen molar-refractivity contribution in [2.75, 3.05) is 0 Å². The molecule has 0 saturated heterocycles. The van der Waals surface area contributed by atoms with Gasteiger partial charge in [0.05, 0.1) is 6.21 Å². The van der Waals surface area contributed by atoms with Crippen LogP contribution in [-0.4, -0.2) is 18.4 Å². The highest BCUT2D eigenvalue weighted by molar-refractivity contribution is 5.59. The minimum Gasteiger partial charge on any atom is -0.297 e. The van der Waals surface area contributed by atoms with Gasteiger partial charge in [-0.25, -0.2) is 0 Å². The largest absolute Gasteiger partial charge is 0.410 e. The lowest BCUT2D eigenvalue weighted by molar-refractivity contribution is -0.151. The molecule has 0 fully saturated rings. The van der Waals surface area contributed by atoms with E-state index in [4.69, 9.17) is 0 Å². The Hall–Kier alpha value is -0.740. The Bertz CT molecular complexity index is 120. The van der Waals surface area contributed by atoms with Crippen LogP contribution in [0.1, 0.15) is 6.42 Å². The van der Waals surface area contributed by atoms with Gasteiger partial charge in [-0.1, -0.05) is 0 Å². The SMILES string of the molecule is FC(F)(F)C1C[C]=NN1. The van der Waals surface area contributed by atoms with Crippen molar-refractivity contribution in [3.05, 3.63) is 0 Å². The van der Waals surface area contributed by atoms with Crippen molar-refractivity contribution >= 4 is 6.21 Å². The second-order valence-electron chi connectivity index (χ2n) is 1.70. The number of nitrogens with one attached hydrogen (secondary N) is 1. The first-order valence-corrected chi connectivity index (χ1v) is 2.35. The Kier molecular flexibility index (Phi) is 1.34. The number of hydrogen-bond acceptors (Lipinski definition) is 2. The van der Waals surface area contributed by atoms with Crippen molar-refractivity contribution in [1.82, 2.24) is 5.43 Å². The molecule has 0 spiro atoms. The minimum absolute atomic E-state index is 0.177. The molecule has 5 heteroatoms. The number of alkyl halides is 3. The molecule has 0 aromatic rings. The highest BCUT2D eigenvalue weighted by Gasteiger charge is 2.40. The van der Waals surface area contributed by atoms with Crippen LogP contribution >= 0.6 is 0 Å². The van der Waals surface area contributed by atoms with Crippen molar-refractivity contribution in [1.29, 1.82) is 0 Å². The smallest absolute Gasteiger partial charge is 0.297 e. The van der Waals surface area contributed by atoms with Gasteiger partial charge >= 0.3 is 6.18 Å². The molecule has 0 bridgehead atoms. The predicted molar refractivity (Wildman–Crippen MR) is 25.0 cm³/mol. The first kappa shape index (κ1) is 6.38. The van der Waals surface area contributed by atoms with Gasteiger partial charge in [-0.2, -0.15) is 18.3 Å². The lowest BCUT2D eigenvalue weighted by atomic mass is 10.2. The zero-order valence-corrected chi connectivity index (χ0v) is 4.37. The third kappa shape index (κ3) is 1.34. The highest BCUT2D eigenvalue weighted by atomic mass is 19.4. The van der Waals surface area contributed by atoms with Crippen molar-refractivity contribution in [3.63, 3.8) is 0 Å². The quantitative estimate of drug-likeness (QED) is 0.524. The third-order valence-corrected chi connectivity index (χ3v) is 0.990. The zero-order chi connectivity index (χ0) is 6.91. The summed E-state index contributed by atoms with van der Waals surface area (Å²) in [5.41, 5.74) is 1.89. The van der Waals surface area contributed by atoms with E-state index in [2.05, 4.69) is 11.3 Å². The van der Waals surface area contributed by atoms with E-state index in [1.807, 2.05) is 5.43 Å². The lowest BCUT2D eigenvalue weighted by Crippen LogP contribution is -2.36. The van der Waals surface area contributed by atoms with Gasteiger partial charge in [0.1, 0.15) is 6.04 Å². The fraction of sp³-hybridized carbons (Fsp3) is 0.750. The fourth-order valence-corrected chi connectivity index (χ4v) is 0.495. The minimum atomic E-state index is -4.19. The summed E-state index contributed by atoms with van der Waals surface area (Å²) in [6.45, 7) is 0. The zero-order valence-electron chi connectivity index (χ0n) is 4.37. The number of rotatable bonds is 0. The fourth-order valence-electron chi connectivity index (χ4n) is 0.495. The van der Waals surface area contributed by atoms with Crippen LogP contribution < -0.4 is 5.43 Å². The molecule has 0 amide bonds. The van der Waals surface area contributed by atoms with E-state index < -0.39 is 12.2 Å². The van der Waals surface area contributed by atoms with E-state index in [0.717, 1.165) is 0 Å². The van der Waals surface area contributed by atoms with E-state index >= 15 is 0 Å². The lowest BCUT2D eigenvalue weighted by Gasteiger charge is -2.12. The number of halogens is 3. The molecule has 1 heterocycles. The summed E-state index contributed by atoms with van der Waals surface area (Å²) in [7, 11) is 0. The number of hydrazone groups is 1. The maximum Gasteiger partial charge on any atom is 0.410 e. The van der Waals surface area contributed by atoms with Gasteiger partial charge in [-0.3, -0.25) is 5.43 Å². The van der Waals surface area contributed by atoms with Crippen molar-refractivity contribution in [2.24, 2.45) is 5.10 Å². The van der Waals surface area contributed by atoms with Crippen molar-refractivity contribution < 1.29 is 13.2 Å². The molecule has 1 rings (SSSR count). The topological polar surface area (TPSA) is 24.4 Å². The van der Waals surface area contributed by atoms with Crippen LogP contribution in [0.15, 0.2) is 5.10 Å². The predicted octanol–water partition coefficient (Wildman–Crippen LogP) is 0.773. The van der Waals surface area contributed by atoms with E-state index in [1.54, 1.807) is 0 Å². The molecule has 1 unspecified atom stereocenters. The van der Waals surface area contributed by atoms with Crippen LogP contribution in [0.5, 0.6) is 0 Å². The molecule has 1 N–H and O–H groups in total. The molecule has 0 saturated carbocycles. The Morgan fingerprint density at radius 2 is 2.22 bits per heavy atom. The maximum atomic E-state index is 11.6. The Balaban J connectivity index is 2.46. The van der Waals surface area contributed by atoms with Crippen LogP contribution in [0.25, 0.3) is 0 Å². The van der Waals surface area contributed by atoms with E-state index in [0.29, 0.717) is 0 Å². The Morgan fingerprint density at radius 3 is 2.44 bits per heavy atom. The van der Waals surface area contributed by atoms with Gasteiger partial charge in [0.2, 0.25) is 0 Å². The van der Waals surface area contributed by atoms with E-state index in [-0.39, 0.29) is 6.42 Å². The molecule has 0 aliphatic carbocycles. The summed E-state index contributed by atoms with van der Waals surface area (Å²) in [5, 5.41) is 3.11. The molecule has 2 nitrogen and oxygen atoms in total. The molecule has 51 valence electrons. The van der Waals surface area contributed by atoms with Gasteiger partial charge in [-0.15, -0.1) is 0 Å². The van der Waals surface area contributed by atoms with Crippen LogP contribution in [0, 0.1) is 0 Å². The third-order valence-electron chi connectivity index (χ3n) is 0.990. The first-order valence-electron chi connectivity index (χ1n) is 2.35. The Morgan fingerprint density at radius 1 is 1.56 bits per heavy atom. The van der Waals surface area contributed by atoms with E-state index in [9.17, 15) is 13.2 Å². The normalized spacial score (nSPS) is 26.3. The van der Waals surface area contributed by atoms with Crippen LogP contribution in [-0.2, 0) is 0 Å². The van der Waals surface area contributed by atoms with Gasteiger partial charge in [-0.05, 0) is 0 Å².